The van der Waals surface area contributed by atoms with Gasteiger partial charge in [0.2, 0.25) is 0 Å². The number of nitrogens with zero attached hydrogens (tertiary/aromatic N) is 1. The minimum absolute atomic E-state index is 0.664. The number of anilines is 3. The first-order chi connectivity index (χ1) is 11.7. The Hall–Kier alpha value is -3.07. The summed E-state index contributed by atoms with van der Waals surface area (Å²) in [5.74, 6) is 0.818. The summed E-state index contributed by atoms with van der Waals surface area (Å²) in [5.41, 5.74) is 4.96. The largest absolute Gasteiger partial charge is 0.497 e. The average molecular weight is 317 g/mol. The minimum atomic E-state index is 0.664. The highest BCUT2D eigenvalue weighted by atomic mass is 16.5. The molecule has 0 aliphatic heterocycles. The smallest absolute Gasteiger partial charge is 0.150 e. The predicted molar refractivity (Wildman–Crippen MR) is 97.8 cm³/mol. The molecule has 3 aromatic carbocycles. The summed E-state index contributed by atoms with van der Waals surface area (Å²) < 4.78 is 5.25. The molecule has 0 aromatic heterocycles. The minimum Gasteiger partial charge on any atom is -0.497 e. The van der Waals surface area contributed by atoms with Gasteiger partial charge in [-0.05, 0) is 67.6 Å². The third kappa shape index (κ3) is 3.30. The summed E-state index contributed by atoms with van der Waals surface area (Å²) >= 11 is 0. The average Bonchev–Trinajstić information content (AvgIpc) is 2.64. The molecule has 120 valence electrons. The molecule has 0 bridgehead atoms. The van der Waals surface area contributed by atoms with Crippen LogP contribution in [0.3, 0.4) is 0 Å². The zero-order valence-electron chi connectivity index (χ0n) is 13.8. The number of carbonyl (C=O) groups is 1. The SMILES string of the molecule is COc1ccc(N(c2ccc(C)cc2)c2ccc(C=O)cc2)cc1. The molecule has 3 rings (SSSR count). The second-order valence-electron chi connectivity index (χ2n) is 5.58. The molecule has 0 saturated carbocycles. The lowest BCUT2D eigenvalue weighted by atomic mass is 10.1. The molecular weight excluding hydrogens is 298 g/mol. The van der Waals surface area contributed by atoms with Crippen LogP contribution >= 0.6 is 0 Å². The van der Waals surface area contributed by atoms with E-state index in [1.54, 1.807) is 7.11 Å². The molecule has 0 fully saturated rings. The molecule has 0 heterocycles. The fourth-order valence-corrected chi connectivity index (χ4v) is 2.57. The van der Waals surface area contributed by atoms with E-state index in [-0.39, 0.29) is 0 Å². The molecule has 0 N–H and O–H groups in total. The number of hydrogen-bond acceptors (Lipinski definition) is 3. The van der Waals surface area contributed by atoms with Crippen LogP contribution < -0.4 is 9.64 Å². The van der Waals surface area contributed by atoms with Crippen LogP contribution in [0.5, 0.6) is 5.75 Å². The Morgan fingerprint density at radius 1 is 0.750 bits per heavy atom. The van der Waals surface area contributed by atoms with E-state index in [1.165, 1.54) is 5.56 Å². The zero-order valence-corrected chi connectivity index (χ0v) is 13.8. The van der Waals surface area contributed by atoms with E-state index in [9.17, 15) is 4.79 Å². The lowest BCUT2D eigenvalue weighted by Gasteiger charge is -2.25. The Kier molecular flexibility index (Phi) is 4.62. The molecule has 0 aliphatic carbocycles. The van der Waals surface area contributed by atoms with Gasteiger partial charge < -0.3 is 9.64 Å². The van der Waals surface area contributed by atoms with Crippen LogP contribution in [-0.2, 0) is 0 Å². The van der Waals surface area contributed by atoms with Gasteiger partial charge in [0.25, 0.3) is 0 Å². The van der Waals surface area contributed by atoms with Crippen molar-refractivity contribution in [1.29, 1.82) is 0 Å². The summed E-state index contributed by atoms with van der Waals surface area (Å²) in [5, 5.41) is 0. The molecule has 0 atom stereocenters. The van der Waals surface area contributed by atoms with Gasteiger partial charge in [0.15, 0.2) is 0 Å². The Morgan fingerprint density at radius 2 is 1.21 bits per heavy atom. The molecule has 0 saturated heterocycles. The van der Waals surface area contributed by atoms with Crippen molar-refractivity contribution in [2.24, 2.45) is 0 Å². The van der Waals surface area contributed by atoms with Crippen LogP contribution in [0.1, 0.15) is 15.9 Å². The van der Waals surface area contributed by atoms with E-state index < -0.39 is 0 Å². The molecular formula is C21H19NO2. The first kappa shape index (κ1) is 15.8. The number of hydrogen-bond donors (Lipinski definition) is 0. The Labute approximate surface area is 142 Å². The molecule has 24 heavy (non-hydrogen) atoms. The van der Waals surface area contributed by atoms with Crippen molar-refractivity contribution in [2.45, 2.75) is 6.92 Å². The highest BCUT2D eigenvalue weighted by Gasteiger charge is 2.12. The summed E-state index contributed by atoms with van der Waals surface area (Å²) in [6, 6.07) is 23.8. The number of rotatable bonds is 5. The van der Waals surface area contributed by atoms with Crippen molar-refractivity contribution < 1.29 is 9.53 Å². The van der Waals surface area contributed by atoms with E-state index >= 15 is 0 Å². The van der Waals surface area contributed by atoms with E-state index in [0.29, 0.717) is 5.56 Å². The lowest BCUT2D eigenvalue weighted by Crippen LogP contribution is -2.09. The monoisotopic (exact) mass is 317 g/mol. The van der Waals surface area contributed by atoms with Crippen molar-refractivity contribution in [3.63, 3.8) is 0 Å². The number of aryl methyl sites for hydroxylation is 1. The van der Waals surface area contributed by atoms with Gasteiger partial charge in [-0.15, -0.1) is 0 Å². The van der Waals surface area contributed by atoms with Gasteiger partial charge in [-0.25, -0.2) is 0 Å². The molecule has 0 aliphatic rings. The van der Waals surface area contributed by atoms with Crippen molar-refractivity contribution in [2.75, 3.05) is 12.0 Å². The number of ether oxygens (including phenoxy) is 1. The van der Waals surface area contributed by atoms with Gasteiger partial charge in [0, 0.05) is 22.6 Å². The Balaban J connectivity index is 2.07. The number of carbonyl (C=O) groups excluding carboxylic acids is 1. The van der Waals surface area contributed by atoms with Gasteiger partial charge in [-0.2, -0.15) is 0 Å². The third-order valence-electron chi connectivity index (χ3n) is 3.91. The highest BCUT2D eigenvalue weighted by Crippen LogP contribution is 2.35. The van der Waals surface area contributed by atoms with Crippen LogP contribution in [0, 0.1) is 6.92 Å². The normalized spacial score (nSPS) is 10.2. The van der Waals surface area contributed by atoms with E-state index in [2.05, 4.69) is 36.1 Å². The third-order valence-corrected chi connectivity index (χ3v) is 3.91. The van der Waals surface area contributed by atoms with Gasteiger partial charge in [0.05, 0.1) is 7.11 Å². The predicted octanol–water partition coefficient (Wildman–Crippen LogP) is 5.29. The van der Waals surface area contributed by atoms with Gasteiger partial charge >= 0.3 is 0 Å². The lowest BCUT2D eigenvalue weighted by molar-refractivity contribution is 0.112. The van der Waals surface area contributed by atoms with E-state index in [1.807, 2.05) is 48.5 Å². The molecule has 0 radical (unpaired) electrons. The van der Waals surface area contributed by atoms with E-state index in [0.717, 1.165) is 29.1 Å². The first-order valence-corrected chi connectivity index (χ1v) is 7.77. The van der Waals surface area contributed by atoms with E-state index in [4.69, 9.17) is 4.74 Å². The van der Waals surface area contributed by atoms with Crippen LogP contribution in [0.15, 0.2) is 72.8 Å². The summed E-state index contributed by atoms with van der Waals surface area (Å²) in [6.07, 6.45) is 0.855. The summed E-state index contributed by atoms with van der Waals surface area (Å²) in [6.45, 7) is 2.07. The molecule has 3 aromatic rings. The maximum absolute atomic E-state index is 10.9. The van der Waals surface area contributed by atoms with Crippen molar-refractivity contribution >= 4 is 23.3 Å². The fourth-order valence-electron chi connectivity index (χ4n) is 2.57. The number of aldehydes is 1. The summed E-state index contributed by atoms with van der Waals surface area (Å²) in [7, 11) is 1.66. The molecule has 3 heteroatoms. The maximum atomic E-state index is 10.9. The molecule has 0 amide bonds. The quantitative estimate of drug-likeness (QED) is 0.599. The van der Waals surface area contributed by atoms with Crippen molar-refractivity contribution in [3.05, 3.63) is 83.9 Å². The van der Waals surface area contributed by atoms with Crippen LogP contribution in [-0.4, -0.2) is 13.4 Å². The molecule has 3 nitrogen and oxygen atoms in total. The maximum Gasteiger partial charge on any atom is 0.150 e. The number of benzene rings is 3. The molecule has 0 unspecified atom stereocenters. The second-order valence-corrected chi connectivity index (χ2v) is 5.58. The Morgan fingerprint density at radius 3 is 1.67 bits per heavy atom. The standard InChI is InChI=1S/C21H19NO2/c1-16-3-7-18(8-4-16)22(19-9-5-17(15-23)6-10-19)20-11-13-21(24-2)14-12-20/h3-15H,1-2H3. The number of methoxy groups -OCH3 is 1. The molecule has 0 spiro atoms. The van der Waals surface area contributed by atoms with Crippen LogP contribution in [0.4, 0.5) is 17.1 Å². The van der Waals surface area contributed by atoms with Crippen LogP contribution in [0.2, 0.25) is 0 Å². The zero-order chi connectivity index (χ0) is 16.9. The van der Waals surface area contributed by atoms with Crippen molar-refractivity contribution in [3.8, 4) is 5.75 Å². The van der Waals surface area contributed by atoms with Crippen molar-refractivity contribution in [1.82, 2.24) is 0 Å². The fraction of sp³-hybridized carbons (Fsp3) is 0.0952. The van der Waals surface area contributed by atoms with Gasteiger partial charge in [-0.3, -0.25) is 4.79 Å². The highest BCUT2D eigenvalue weighted by molar-refractivity contribution is 5.80. The van der Waals surface area contributed by atoms with Gasteiger partial charge in [-0.1, -0.05) is 17.7 Å². The second kappa shape index (κ2) is 7.01. The van der Waals surface area contributed by atoms with Crippen LogP contribution in [0.25, 0.3) is 0 Å². The topological polar surface area (TPSA) is 29.5 Å². The van der Waals surface area contributed by atoms with Gasteiger partial charge in [0.1, 0.15) is 12.0 Å². The first-order valence-electron chi connectivity index (χ1n) is 7.77. The Bertz CT molecular complexity index is 806. The summed E-state index contributed by atoms with van der Waals surface area (Å²) in [4.78, 5) is 13.1.